The van der Waals surface area contributed by atoms with Crippen molar-refractivity contribution in [2.45, 2.75) is 6.92 Å². The van der Waals surface area contributed by atoms with Crippen LogP contribution in [0.4, 0.5) is 0 Å². The van der Waals surface area contributed by atoms with Crippen LogP contribution in [-0.2, 0) is 4.74 Å². The fourth-order valence-electron chi connectivity index (χ4n) is 2.30. The molecular formula is C15H18N6O. The van der Waals surface area contributed by atoms with Crippen LogP contribution in [0.25, 0.3) is 17.2 Å². The minimum atomic E-state index is 0.664. The van der Waals surface area contributed by atoms with Crippen LogP contribution in [0.5, 0.6) is 0 Å². The lowest BCUT2D eigenvalue weighted by Gasteiger charge is -2.22. The molecular weight excluding hydrogens is 280 g/mol. The van der Waals surface area contributed by atoms with Crippen molar-refractivity contribution in [2.24, 2.45) is 4.99 Å². The fraction of sp³-hybridized carbons (Fsp3) is 0.333. The molecule has 7 heteroatoms. The average molecular weight is 298 g/mol. The van der Waals surface area contributed by atoms with Crippen molar-refractivity contribution in [3.63, 3.8) is 0 Å². The van der Waals surface area contributed by atoms with E-state index in [1.807, 2.05) is 25.3 Å². The molecule has 1 aliphatic heterocycles. The average Bonchev–Trinajstić information content (AvgIpc) is 3.07. The van der Waals surface area contributed by atoms with Gasteiger partial charge < -0.3 is 9.64 Å². The Hall–Kier alpha value is -2.54. The van der Waals surface area contributed by atoms with Crippen molar-refractivity contribution < 1.29 is 4.74 Å². The summed E-state index contributed by atoms with van der Waals surface area (Å²) in [5, 5.41) is 6.67. The monoisotopic (exact) mass is 298 g/mol. The Bertz CT molecular complexity index is 692. The Kier molecular flexibility index (Phi) is 4.24. The lowest BCUT2D eigenvalue weighted by molar-refractivity contribution is 0.175. The lowest BCUT2D eigenvalue weighted by atomic mass is 10.1. The first-order valence-corrected chi connectivity index (χ1v) is 7.09. The molecule has 1 aliphatic rings. The topological polar surface area (TPSA) is 79.3 Å². The molecule has 0 amide bonds. The van der Waals surface area contributed by atoms with Crippen LogP contribution in [0, 0.1) is 6.92 Å². The van der Waals surface area contributed by atoms with E-state index in [1.54, 1.807) is 7.11 Å². The maximum absolute atomic E-state index is 5.12. The highest BCUT2D eigenvalue weighted by atomic mass is 16.5. The molecule has 0 aliphatic carbocycles. The summed E-state index contributed by atoms with van der Waals surface area (Å²) in [6, 6.07) is 3.94. The zero-order chi connectivity index (χ0) is 15.4. The molecule has 7 nitrogen and oxygen atoms in total. The number of aliphatic imine (C=N–C) groups is 1. The van der Waals surface area contributed by atoms with Gasteiger partial charge in [-0.25, -0.2) is 9.97 Å². The van der Waals surface area contributed by atoms with Crippen molar-refractivity contribution in [2.75, 3.05) is 26.8 Å². The third kappa shape index (κ3) is 3.04. The zero-order valence-electron chi connectivity index (χ0n) is 12.7. The van der Waals surface area contributed by atoms with E-state index in [9.17, 15) is 0 Å². The second kappa shape index (κ2) is 6.48. The molecule has 2 aromatic rings. The molecule has 2 aromatic heterocycles. The van der Waals surface area contributed by atoms with Crippen LogP contribution >= 0.6 is 0 Å². The minimum Gasteiger partial charge on any atom is -0.383 e. The van der Waals surface area contributed by atoms with Crippen molar-refractivity contribution in [1.82, 2.24) is 25.1 Å². The van der Waals surface area contributed by atoms with E-state index in [0.717, 1.165) is 35.7 Å². The largest absolute Gasteiger partial charge is 0.383 e. The molecule has 1 N–H and O–H groups in total. The van der Waals surface area contributed by atoms with Crippen molar-refractivity contribution in [1.29, 1.82) is 0 Å². The van der Waals surface area contributed by atoms with E-state index in [4.69, 9.17) is 4.74 Å². The third-order valence-corrected chi connectivity index (χ3v) is 3.45. The Morgan fingerprint density at radius 3 is 3.00 bits per heavy atom. The van der Waals surface area contributed by atoms with E-state index < -0.39 is 0 Å². The van der Waals surface area contributed by atoms with Gasteiger partial charge in [0.1, 0.15) is 12.0 Å². The Labute approximate surface area is 128 Å². The first kappa shape index (κ1) is 14.4. The zero-order valence-corrected chi connectivity index (χ0v) is 12.7. The molecule has 3 heterocycles. The van der Waals surface area contributed by atoms with E-state index in [0.29, 0.717) is 12.4 Å². The Balaban J connectivity index is 1.85. The van der Waals surface area contributed by atoms with Crippen LogP contribution in [0.2, 0.25) is 0 Å². The van der Waals surface area contributed by atoms with Crippen molar-refractivity contribution in [3.8, 4) is 11.5 Å². The number of H-pyrrole nitrogens is 1. The predicted molar refractivity (Wildman–Crippen MR) is 84.3 cm³/mol. The summed E-state index contributed by atoms with van der Waals surface area (Å²) in [6.07, 6.45) is 5.44. The van der Waals surface area contributed by atoms with Gasteiger partial charge in [0.15, 0.2) is 5.82 Å². The number of aromatic amines is 1. The Morgan fingerprint density at radius 1 is 1.36 bits per heavy atom. The van der Waals surface area contributed by atoms with Gasteiger partial charge in [-0.1, -0.05) is 0 Å². The van der Waals surface area contributed by atoms with Crippen molar-refractivity contribution in [3.05, 3.63) is 35.9 Å². The number of hydrogen-bond acceptors (Lipinski definition) is 6. The summed E-state index contributed by atoms with van der Waals surface area (Å²) in [7, 11) is 1.71. The maximum Gasteiger partial charge on any atom is 0.174 e. The van der Waals surface area contributed by atoms with E-state index >= 15 is 0 Å². The summed E-state index contributed by atoms with van der Waals surface area (Å²) in [5.74, 6) is 0.664. The summed E-state index contributed by atoms with van der Waals surface area (Å²) in [6.45, 7) is 4.31. The highest BCUT2D eigenvalue weighted by Gasteiger charge is 2.12. The quantitative estimate of drug-likeness (QED) is 0.905. The number of nitrogens with one attached hydrogen (secondary N) is 1. The number of aromatic nitrogens is 4. The molecule has 0 saturated carbocycles. The number of aryl methyl sites for hydroxylation is 1. The van der Waals surface area contributed by atoms with E-state index in [-0.39, 0.29) is 0 Å². The summed E-state index contributed by atoms with van der Waals surface area (Å²) in [5.41, 5.74) is 3.61. The number of methoxy groups -OCH3 is 1. The summed E-state index contributed by atoms with van der Waals surface area (Å²) >= 11 is 0. The molecule has 0 fully saturated rings. The molecule has 0 radical (unpaired) electrons. The third-order valence-electron chi connectivity index (χ3n) is 3.45. The molecule has 0 bridgehead atoms. The number of rotatable bonds is 5. The van der Waals surface area contributed by atoms with Crippen LogP contribution < -0.4 is 0 Å². The molecule has 0 saturated heterocycles. The van der Waals surface area contributed by atoms with Crippen molar-refractivity contribution >= 4 is 11.9 Å². The predicted octanol–water partition coefficient (Wildman–Crippen LogP) is 1.51. The summed E-state index contributed by atoms with van der Waals surface area (Å²) in [4.78, 5) is 15.4. The number of ether oxygens (including phenoxy) is 1. The highest BCUT2D eigenvalue weighted by Crippen LogP contribution is 2.23. The minimum absolute atomic E-state index is 0.664. The van der Waals surface area contributed by atoms with Gasteiger partial charge in [-0.3, -0.25) is 10.1 Å². The molecule has 114 valence electrons. The van der Waals surface area contributed by atoms with Gasteiger partial charge in [0.25, 0.3) is 0 Å². The van der Waals surface area contributed by atoms with Gasteiger partial charge in [0.05, 0.1) is 18.8 Å². The Morgan fingerprint density at radius 2 is 2.27 bits per heavy atom. The van der Waals surface area contributed by atoms with Gasteiger partial charge in [-0.05, 0) is 19.1 Å². The summed E-state index contributed by atoms with van der Waals surface area (Å²) < 4.78 is 5.12. The first-order valence-electron chi connectivity index (χ1n) is 7.09. The van der Waals surface area contributed by atoms with Gasteiger partial charge >= 0.3 is 0 Å². The van der Waals surface area contributed by atoms with Crippen LogP contribution in [0.3, 0.4) is 0 Å². The van der Waals surface area contributed by atoms with E-state index in [2.05, 4.69) is 36.3 Å². The van der Waals surface area contributed by atoms with Crippen LogP contribution in [-0.4, -0.2) is 58.1 Å². The molecule has 0 unspecified atom stereocenters. The highest BCUT2D eigenvalue weighted by molar-refractivity contribution is 5.78. The standard InChI is InChI=1S/C15H18N6O/c1-11-12(3-4-13(19-11)15-17-10-18-20-15)14-9-21(6-5-16-14)7-8-22-2/h3-5,9-10H,6-8H2,1-2H3,(H,17,18,20). The van der Waals surface area contributed by atoms with Gasteiger partial charge in [0.2, 0.25) is 0 Å². The van der Waals surface area contributed by atoms with E-state index in [1.165, 1.54) is 6.33 Å². The van der Waals surface area contributed by atoms with Gasteiger partial charge in [0, 0.05) is 37.3 Å². The second-order valence-electron chi connectivity index (χ2n) is 4.98. The van der Waals surface area contributed by atoms with Gasteiger partial charge in [-0.2, -0.15) is 5.10 Å². The molecule has 0 atom stereocenters. The number of hydrogen-bond donors (Lipinski definition) is 1. The van der Waals surface area contributed by atoms with Crippen LogP contribution in [0.1, 0.15) is 11.3 Å². The molecule has 3 rings (SSSR count). The fourth-order valence-corrected chi connectivity index (χ4v) is 2.30. The molecule has 22 heavy (non-hydrogen) atoms. The molecule has 0 spiro atoms. The number of pyridine rings is 1. The maximum atomic E-state index is 5.12. The molecule has 0 aromatic carbocycles. The van der Waals surface area contributed by atoms with Gasteiger partial charge in [-0.15, -0.1) is 0 Å². The first-order chi connectivity index (χ1) is 10.8. The lowest BCUT2D eigenvalue weighted by Crippen LogP contribution is -2.26. The normalized spacial score (nSPS) is 14.3. The number of nitrogens with zero attached hydrogens (tertiary/aromatic N) is 5. The smallest absolute Gasteiger partial charge is 0.174 e. The second-order valence-corrected chi connectivity index (χ2v) is 4.98. The van der Waals surface area contributed by atoms with Crippen LogP contribution in [0.15, 0.2) is 29.7 Å². The SMILES string of the molecule is COCCN1C=C(c2ccc(-c3ncn[nH]3)nc2C)N=CC1.